The minimum absolute atomic E-state index is 0.0264. The van der Waals surface area contributed by atoms with Crippen LogP contribution in [-0.4, -0.2) is 28.0 Å². The lowest BCUT2D eigenvalue weighted by atomic mass is 9.87. The van der Waals surface area contributed by atoms with Gasteiger partial charge in [0, 0.05) is 22.3 Å². The van der Waals surface area contributed by atoms with E-state index in [2.05, 4.69) is 52.4 Å². The van der Waals surface area contributed by atoms with Crippen molar-refractivity contribution in [1.29, 1.82) is 0 Å². The van der Waals surface area contributed by atoms with Crippen LogP contribution in [0.3, 0.4) is 0 Å². The third-order valence-corrected chi connectivity index (χ3v) is 4.58. The number of pyridine rings is 1. The number of carbonyl (C=O) groups is 2. The van der Waals surface area contributed by atoms with Crippen LogP contribution in [-0.2, 0) is 10.2 Å². The van der Waals surface area contributed by atoms with Crippen molar-refractivity contribution in [2.45, 2.75) is 26.2 Å². The molecule has 7 heteroatoms. The Morgan fingerprint density at radius 2 is 1.81 bits per heavy atom. The van der Waals surface area contributed by atoms with Crippen molar-refractivity contribution in [2.24, 2.45) is 0 Å². The third-order valence-electron chi connectivity index (χ3n) is 4.11. The van der Waals surface area contributed by atoms with Crippen LogP contribution >= 0.6 is 15.9 Å². The lowest BCUT2D eigenvalue weighted by Gasteiger charge is -2.19. The highest BCUT2D eigenvalue weighted by Crippen LogP contribution is 2.22. The fourth-order valence-corrected chi connectivity index (χ4v) is 2.92. The normalized spacial score (nSPS) is 11.4. The maximum Gasteiger partial charge on any atom is 0.251 e. The van der Waals surface area contributed by atoms with Gasteiger partial charge in [-0.25, -0.2) is 4.52 Å². The summed E-state index contributed by atoms with van der Waals surface area (Å²) >= 11 is 3.37. The molecule has 140 valence electrons. The molecule has 0 saturated carbocycles. The first-order valence-electron chi connectivity index (χ1n) is 8.56. The first-order chi connectivity index (χ1) is 12.7. The van der Waals surface area contributed by atoms with Crippen molar-refractivity contribution in [2.75, 3.05) is 11.9 Å². The molecule has 0 bridgehead atoms. The lowest BCUT2D eigenvalue weighted by molar-refractivity contribution is -0.115. The van der Waals surface area contributed by atoms with Gasteiger partial charge in [-0.15, -0.1) is 5.10 Å². The van der Waals surface area contributed by atoms with E-state index in [1.54, 1.807) is 28.9 Å². The largest absolute Gasteiger partial charge is 0.343 e. The number of benzene rings is 1. The van der Waals surface area contributed by atoms with Crippen LogP contribution in [0.4, 0.5) is 5.82 Å². The summed E-state index contributed by atoms with van der Waals surface area (Å²) in [5.41, 5.74) is 2.55. The SMILES string of the molecule is CC(C)(C)c1ccc(C(=O)NCC(=O)Nc2cc3ccc(Br)cn3n2)cc1. The fourth-order valence-electron chi connectivity index (χ4n) is 2.59. The van der Waals surface area contributed by atoms with Crippen molar-refractivity contribution < 1.29 is 9.59 Å². The molecule has 1 aromatic carbocycles. The average molecular weight is 429 g/mol. The van der Waals surface area contributed by atoms with Crippen LogP contribution in [0.1, 0.15) is 36.7 Å². The maximum absolute atomic E-state index is 12.2. The summed E-state index contributed by atoms with van der Waals surface area (Å²) in [4.78, 5) is 24.3. The number of nitrogens with one attached hydrogen (secondary N) is 2. The molecule has 0 spiro atoms. The number of aromatic nitrogens is 2. The molecule has 2 aromatic heterocycles. The highest BCUT2D eigenvalue weighted by Gasteiger charge is 2.15. The Hall–Kier alpha value is -2.67. The highest BCUT2D eigenvalue weighted by molar-refractivity contribution is 9.10. The van der Waals surface area contributed by atoms with Crippen molar-refractivity contribution in [3.63, 3.8) is 0 Å². The molecule has 0 unspecified atom stereocenters. The molecule has 0 aliphatic carbocycles. The van der Waals surface area contributed by atoms with Crippen molar-refractivity contribution in [3.8, 4) is 0 Å². The number of amides is 2. The van der Waals surface area contributed by atoms with E-state index in [9.17, 15) is 9.59 Å². The average Bonchev–Trinajstić information content (AvgIpc) is 3.00. The molecule has 6 nitrogen and oxygen atoms in total. The number of nitrogens with zero attached hydrogens (tertiary/aromatic N) is 2. The fraction of sp³-hybridized carbons (Fsp3) is 0.250. The number of rotatable bonds is 4. The zero-order valence-electron chi connectivity index (χ0n) is 15.4. The van der Waals surface area contributed by atoms with Gasteiger partial charge in [-0.1, -0.05) is 32.9 Å². The summed E-state index contributed by atoms with van der Waals surface area (Å²) in [6, 6.07) is 13.0. The van der Waals surface area contributed by atoms with Gasteiger partial charge in [0.15, 0.2) is 5.82 Å². The van der Waals surface area contributed by atoms with Crippen LogP contribution in [0.2, 0.25) is 0 Å². The summed E-state index contributed by atoms with van der Waals surface area (Å²) in [7, 11) is 0. The molecule has 0 aliphatic rings. The van der Waals surface area contributed by atoms with Gasteiger partial charge in [0.05, 0.1) is 12.1 Å². The molecule has 2 N–H and O–H groups in total. The zero-order chi connectivity index (χ0) is 19.6. The molecule has 0 fully saturated rings. The van der Waals surface area contributed by atoms with E-state index >= 15 is 0 Å². The highest BCUT2D eigenvalue weighted by atomic mass is 79.9. The van der Waals surface area contributed by atoms with E-state index < -0.39 is 0 Å². The summed E-state index contributed by atoms with van der Waals surface area (Å²) in [6.07, 6.45) is 1.80. The summed E-state index contributed by atoms with van der Waals surface area (Å²) in [6.45, 7) is 6.22. The lowest BCUT2D eigenvalue weighted by Crippen LogP contribution is -2.33. The van der Waals surface area contributed by atoms with Gasteiger partial charge in [-0.3, -0.25) is 9.59 Å². The second kappa shape index (κ2) is 7.52. The molecule has 3 aromatic rings. The van der Waals surface area contributed by atoms with E-state index in [0.29, 0.717) is 11.4 Å². The first kappa shape index (κ1) is 19.1. The van der Waals surface area contributed by atoms with Gasteiger partial charge in [0.25, 0.3) is 5.91 Å². The number of hydrogen-bond donors (Lipinski definition) is 2. The predicted molar refractivity (Wildman–Crippen MR) is 109 cm³/mol. The van der Waals surface area contributed by atoms with E-state index in [0.717, 1.165) is 15.6 Å². The number of hydrogen-bond acceptors (Lipinski definition) is 3. The molecule has 0 saturated heterocycles. The van der Waals surface area contributed by atoms with Crippen LogP contribution in [0.5, 0.6) is 0 Å². The van der Waals surface area contributed by atoms with Gasteiger partial charge < -0.3 is 10.6 Å². The third kappa shape index (κ3) is 4.74. The molecule has 27 heavy (non-hydrogen) atoms. The van der Waals surface area contributed by atoms with Gasteiger partial charge >= 0.3 is 0 Å². The minimum atomic E-state index is -0.336. The number of halogens is 1. The Bertz CT molecular complexity index is 987. The second-order valence-corrected chi connectivity index (χ2v) is 8.22. The molecule has 2 amide bonds. The number of fused-ring (bicyclic) bond motifs is 1. The molecular weight excluding hydrogens is 408 g/mol. The Kier molecular flexibility index (Phi) is 5.32. The first-order valence-corrected chi connectivity index (χ1v) is 9.35. The molecule has 0 atom stereocenters. The summed E-state index contributed by atoms with van der Waals surface area (Å²) < 4.78 is 2.55. The maximum atomic E-state index is 12.2. The molecule has 2 heterocycles. The van der Waals surface area contributed by atoms with Gasteiger partial charge in [0.2, 0.25) is 5.91 Å². The monoisotopic (exact) mass is 428 g/mol. The molecule has 0 aliphatic heterocycles. The van der Waals surface area contributed by atoms with E-state index in [4.69, 9.17) is 0 Å². The Labute approximate surface area is 166 Å². The quantitative estimate of drug-likeness (QED) is 0.663. The second-order valence-electron chi connectivity index (χ2n) is 7.30. The van der Waals surface area contributed by atoms with Crippen molar-refractivity contribution in [1.82, 2.24) is 14.9 Å². The van der Waals surface area contributed by atoms with E-state index in [1.807, 2.05) is 24.3 Å². The van der Waals surface area contributed by atoms with Crippen LogP contribution < -0.4 is 10.6 Å². The standard InChI is InChI=1S/C20H21BrN4O2/c1-20(2,3)14-6-4-13(5-7-14)19(27)22-11-18(26)23-17-10-16-9-8-15(21)12-25(16)24-17/h4-10,12H,11H2,1-3H3,(H,22,27)(H,23,24,26). The molecule has 3 rings (SSSR count). The van der Waals surface area contributed by atoms with Crippen LogP contribution in [0.15, 0.2) is 53.1 Å². The molecule has 0 radical (unpaired) electrons. The van der Waals surface area contributed by atoms with Gasteiger partial charge in [-0.05, 0) is 51.2 Å². The van der Waals surface area contributed by atoms with Gasteiger partial charge in [0.1, 0.15) is 0 Å². The zero-order valence-corrected chi connectivity index (χ0v) is 17.0. The minimum Gasteiger partial charge on any atom is -0.343 e. The topological polar surface area (TPSA) is 75.5 Å². The predicted octanol–water partition coefficient (Wildman–Crippen LogP) is 3.76. The Morgan fingerprint density at radius 1 is 1.11 bits per heavy atom. The number of carbonyl (C=O) groups excluding carboxylic acids is 2. The summed E-state index contributed by atoms with van der Waals surface area (Å²) in [5, 5.41) is 9.59. The van der Waals surface area contributed by atoms with E-state index in [1.165, 1.54) is 0 Å². The van der Waals surface area contributed by atoms with Crippen molar-refractivity contribution >= 4 is 39.1 Å². The Morgan fingerprint density at radius 3 is 2.48 bits per heavy atom. The van der Waals surface area contributed by atoms with Crippen molar-refractivity contribution in [3.05, 3.63) is 64.3 Å². The Balaban J connectivity index is 1.57. The van der Waals surface area contributed by atoms with Crippen LogP contribution in [0, 0.1) is 0 Å². The number of anilines is 1. The van der Waals surface area contributed by atoms with Crippen LogP contribution in [0.25, 0.3) is 5.52 Å². The summed E-state index contributed by atoms with van der Waals surface area (Å²) in [5.74, 6) is -0.191. The van der Waals surface area contributed by atoms with Gasteiger partial charge in [-0.2, -0.15) is 0 Å². The smallest absolute Gasteiger partial charge is 0.251 e. The molecular formula is C20H21BrN4O2. The van der Waals surface area contributed by atoms with E-state index in [-0.39, 0.29) is 23.8 Å².